The maximum Gasteiger partial charge on any atom is 0.189 e. The monoisotopic (exact) mass is 349 g/mol. The van der Waals surface area contributed by atoms with Gasteiger partial charge in [0.1, 0.15) is 5.75 Å². The average molecular weight is 349 g/mol. The number of halogens is 1. The van der Waals surface area contributed by atoms with Gasteiger partial charge in [-0.3, -0.25) is 0 Å². The largest absolute Gasteiger partial charge is 0.508 e. The van der Waals surface area contributed by atoms with Gasteiger partial charge in [0.2, 0.25) is 0 Å². The van der Waals surface area contributed by atoms with Crippen LogP contribution in [0.15, 0.2) is 29.3 Å². The van der Waals surface area contributed by atoms with Crippen molar-refractivity contribution in [1.29, 1.82) is 0 Å². The van der Waals surface area contributed by atoms with Gasteiger partial charge in [0.25, 0.3) is 0 Å². The number of hydrogen-bond acceptors (Lipinski definition) is 2. The van der Waals surface area contributed by atoms with E-state index in [2.05, 4.69) is 10.3 Å². The van der Waals surface area contributed by atoms with Crippen LogP contribution in [0.2, 0.25) is 0 Å². The van der Waals surface area contributed by atoms with Gasteiger partial charge in [0.15, 0.2) is 5.96 Å². The van der Waals surface area contributed by atoms with Crippen molar-refractivity contribution < 1.29 is 5.11 Å². The highest BCUT2D eigenvalue weighted by atomic mass is 127. The van der Waals surface area contributed by atoms with Gasteiger partial charge in [-0.15, -0.1) is 24.0 Å². The molecule has 96 valence electrons. The number of hydrogen-bond donors (Lipinski definition) is 3. The van der Waals surface area contributed by atoms with Crippen molar-refractivity contribution in [2.45, 2.75) is 32.9 Å². The molecule has 0 saturated carbocycles. The topological polar surface area (TPSA) is 70.6 Å². The molecular formula is C12H20IN3O. The molecule has 0 aliphatic carbocycles. The highest BCUT2D eigenvalue weighted by Crippen LogP contribution is 2.11. The fourth-order valence-electron chi connectivity index (χ4n) is 1.26. The summed E-state index contributed by atoms with van der Waals surface area (Å²) in [5.41, 5.74) is 6.56. The van der Waals surface area contributed by atoms with Gasteiger partial charge in [-0.05, 0) is 38.5 Å². The molecule has 0 fully saturated rings. The SMILES string of the molecule is CC(C)(C)NC(N)=NCc1cccc(O)c1.I. The Kier molecular flexibility index (Phi) is 6.30. The highest BCUT2D eigenvalue weighted by molar-refractivity contribution is 14.0. The normalized spacial score (nSPS) is 11.8. The summed E-state index contributed by atoms with van der Waals surface area (Å²) in [5.74, 6) is 0.658. The van der Waals surface area contributed by atoms with Crippen LogP contribution in [0.25, 0.3) is 0 Å². The number of nitrogens with one attached hydrogen (secondary N) is 1. The van der Waals surface area contributed by atoms with Gasteiger partial charge in [-0.25, -0.2) is 4.99 Å². The lowest BCUT2D eigenvalue weighted by Gasteiger charge is -2.20. The van der Waals surface area contributed by atoms with Crippen LogP contribution >= 0.6 is 24.0 Å². The van der Waals surface area contributed by atoms with Gasteiger partial charge in [-0.1, -0.05) is 12.1 Å². The number of nitrogens with two attached hydrogens (primary N) is 1. The van der Waals surface area contributed by atoms with Crippen LogP contribution in [-0.2, 0) is 6.54 Å². The molecule has 0 aliphatic heterocycles. The van der Waals surface area contributed by atoms with Crippen LogP contribution in [0.3, 0.4) is 0 Å². The molecule has 5 heteroatoms. The minimum Gasteiger partial charge on any atom is -0.508 e. The first-order chi connectivity index (χ1) is 7.37. The molecule has 4 nitrogen and oxygen atoms in total. The van der Waals surface area contributed by atoms with Crippen LogP contribution < -0.4 is 11.1 Å². The number of aliphatic imine (C=N–C) groups is 1. The number of rotatable bonds is 2. The van der Waals surface area contributed by atoms with E-state index in [0.717, 1.165) is 5.56 Å². The molecule has 4 N–H and O–H groups in total. The van der Waals surface area contributed by atoms with E-state index in [4.69, 9.17) is 5.73 Å². The number of phenols is 1. The third-order valence-corrected chi connectivity index (χ3v) is 1.85. The number of aromatic hydroxyl groups is 1. The molecule has 0 spiro atoms. The summed E-state index contributed by atoms with van der Waals surface area (Å²) < 4.78 is 0. The van der Waals surface area contributed by atoms with Crippen molar-refractivity contribution in [1.82, 2.24) is 5.32 Å². The van der Waals surface area contributed by atoms with Gasteiger partial charge in [-0.2, -0.15) is 0 Å². The number of phenolic OH excluding ortho intramolecular Hbond substituents is 1. The Bertz CT molecular complexity index is 386. The lowest BCUT2D eigenvalue weighted by molar-refractivity contribution is 0.474. The van der Waals surface area contributed by atoms with Gasteiger partial charge < -0.3 is 16.2 Å². The zero-order valence-corrected chi connectivity index (χ0v) is 12.7. The summed E-state index contributed by atoms with van der Waals surface area (Å²) in [7, 11) is 0. The molecule has 0 aliphatic rings. The maximum absolute atomic E-state index is 9.27. The van der Waals surface area contributed by atoms with Crippen molar-refractivity contribution in [2.75, 3.05) is 0 Å². The lowest BCUT2D eigenvalue weighted by Crippen LogP contribution is -2.44. The first-order valence-corrected chi connectivity index (χ1v) is 5.23. The third-order valence-electron chi connectivity index (χ3n) is 1.85. The van der Waals surface area contributed by atoms with Gasteiger partial charge >= 0.3 is 0 Å². The van der Waals surface area contributed by atoms with Crippen LogP contribution in [-0.4, -0.2) is 16.6 Å². The summed E-state index contributed by atoms with van der Waals surface area (Å²) in [6.07, 6.45) is 0. The Labute approximate surface area is 119 Å². The van der Waals surface area contributed by atoms with Crippen molar-refractivity contribution in [3.8, 4) is 5.75 Å². The Morgan fingerprint density at radius 1 is 1.41 bits per heavy atom. The van der Waals surface area contributed by atoms with Crippen molar-refractivity contribution >= 4 is 29.9 Å². The molecule has 0 bridgehead atoms. The minimum absolute atomic E-state index is 0. The standard InChI is InChI=1S/C12H19N3O.HI/c1-12(2,3)15-11(13)14-8-9-5-4-6-10(16)7-9;/h4-7,16H,8H2,1-3H3,(H3,13,14,15);1H. The predicted molar refractivity (Wildman–Crippen MR) is 81.7 cm³/mol. The second-order valence-corrected chi connectivity index (χ2v) is 4.75. The zero-order chi connectivity index (χ0) is 12.2. The molecule has 0 heterocycles. The lowest BCUT2D eigenvalue weighted by atomic mass is 10.1. The van der Waals surface area contributed by atoms with E-state index in [9.17, 15) is 5.11 Å². The van der Waals surface area contributed by atoms with E-state index in [1.165, 1.54) is 0 Å². The molecular weight excluding hydrogens is 329 g/mol. The van der Waals surface area contributed by atoms with Gasteiger partial charge in [0, 0.05) is 5.54 Å². The van der Waals surface area contributed by atoms with E-state index < -0.39 is 0 Å². The minimum atomic E-state index is -0.0909. The highest BCUT2D eigenvalue weighted by Gasteiger charge is 2.09. The quantitative estimate of drug-likeness (QED) is 0.436. The molecule has 1 aromatic carbocycles. The van der Waals surface area contributed by atoms with E-state index in [1.54, 1.807) is 18.2 Å². The van der Waals surface area contributed by atoms with E-state index in [1.807, 2.05) is 26.8 Å². The molecule has 0 aromatic heterocycles. The molecule has 0 unspecified atom stereocenters. The van der Waals surface area contributed by atoms with Crippen LogP contribution in [0.4, 0.5) is 0 Å². The zero-order valence-electron chi connectivity index (χ0n) is 10.4. The first-order valence-electron chi connectivity index (χ1n) is 5.23. The Balaban J connectivity index is 0.00000256. The second kappa shape index (κ2) is 6.68. The molecule has 0 saturated heterocycles. The van der Waals surface area contributed by atoms with E-state index >= 15 is 0 Å². The first kappa shape index (κ1) is 16.0. The van der Waals surface area contributed by atoms with Gasteiger partial charge in [0.05, 0.1) is 6.54 Å². The number of benzene rings is 1. The smallest absolute Gasteiger partial charge is 0.189 e. The Morgan fingerprint density at radius 3 is 2.59 bits per heavy atom. The molecule has 0 amide bonds. The second-order valence-electron chi connectivity index (χ2n) is 4.75. The fraction of sp³-hybridized carbons (Fsp3) is 0.417. The average Bonchev–Trinajstić information content (AvgIpc) is 2.12. The molecule has 0 atom stereocenters. The molecule has 1 rings (SSSR count). The van der Waals surface area contributed by atoms with E-state index in [-0.39, 0.29) is 35.3 Å². The molecule has 17 heavy (non-hydrogen) atoms. The molecule has 1 aromatic rings. The third kappa shape index (κ3) is 7.04. The Morgan fingerprint density at radius 2 is 2.06 bits per heavy atom. The predicted octanol–water partition coefficient (Wildman–Crippen LogP) is 2.21. The molecule has 0 radical (unpaired) electrons. The van der Waals surface area contributed by atoms with E-state index in [0.29, 0.717) is 12.5 Å². The summed E-state index contributed by atoms with van der Waals surface area (Å²) in [4.78, 5) is 4.19. The van der Waals surface area contributed by atoms with Crippen LogP contribution in [0.1, 0.15) is 26.3 Å². The summed E-state index contributed by atoms with van der Waals surface area (Å²) >= 11 is 0. The number of guanidine groups is 1. The van der Waals surface area contributed by atoms with Crippen molar-refractivity contribution in [3.63, 3.8) is 0 Å². The number of nitrogens with zero attached hydrogens (tertiary/aromatic N) is 1. The van der Waals surface area contributed by atoms with Crippen LogP contribution in [0, 0.1) is 0 Å². The van der Waals surface area contributed by atoms with Crippen molar-refractivity contribution in [3.05, 3.63) is 29.8 Å². The maximum atomic E-state index is 9.27. The summed E-state index contributed by atoms with van der Waals surface area (Å²) in [6.45, 7) is 6.51. The fourth-order valence-corrected chi connectivity index (χ4v) is 1.26. The van der Waals surface area contributed by atoms with Crippen LogP contribution in [0.5, 0.6) is 5.75 Å². The van der Waals surface area contributed by atoms with Crippen molar-refractivity contribution in [2.24, 2.45) is 10.7 Å². The summed E-state index contributed by atoms with van der Waals surface area (Å²) in [6, 6.07) is 6.99. The summed E-state index contributed by atoms with van der Waals surface area (Å²) in [5, 5.41) is 12.3. The Hall–Kier alpha value is -0.980.